The number of amides is 3. The van der Waals surface area contributed by atoms with Crippen LogP contribution in [0.4, 0.5) is 4.79 Å². The van der Waals surface area contributed by atoms with E-state index in [1.165, 1.54) is 6.26 Å². The van der Waals surface area contributed by atoms with E-state index in [1.807, 2.05) is 0 Å². The summed E-state index contributed by atoms with van der Waals surface area (Å²) in [5.41, 5.74) is 0. The lowest BCUT2D eigenvalue weighted by Crippen LogP contribution is -2.54. The minimum atomic E-state index is -0.116. The van der Waals surface area contributed by atoms with Gasteiger partial charge in [0.05, 0.1) is 12.9 Å². The molecular formula is C18H28N4O4. The molecule has 0 radical (unpaired) electrons. The fourth-order valence-electron chi connectivity index (χ4n) is 3.61. The van der Waals surface area contributed by atoms with Crippen molar-refractivity contribution in [1.82, 2.24) is 20.0 Å². The Bertz CT molecular complexity index is 584. The van der Waals surface area contributed by atoms with Crippen molar-refractivity contribution in [3.8, 4) is 0 Å². The third-order valence-electron chi connectivity index (χ3n) is 5.16. The van der Waals surface area contributed by atoms with Crippen LogP contribution in [0.15, 0.2) is 22.8 Å². The van der Waals surface area contributed by atoms with E-state index in [4.69, 9.17) is 9.15 Å². The monoisotopic (exact) mass is 364 g/mol. The van der Waals surface area contributed by atoms with Gasteiger partial charge in [-0.05, 0) is 31.5 Å². The number of rotatable bonds is 6. The van der Waals surface area contributed by atoms with Crippen molar-refractivity contribution in [2.75, 3.05) is 59.5 Å². The number of furan rings is 1. The lowest BCUT2D eigenvalue weighted by molar-refractivity contribution is 0.0633. The summed E-state index contributed by atoms with van der Waals surface area (Å²) in [7, 11) is 1.71. The van der Waals surface area contributed by atoms with Crippen LogP contribution in [0.3, 0.4) is 0 Å². The smallest absolute Gasteiger partial charge is 0.317 e. The highest BCUT2D eigenvalue weighted by molar-refractivity contribution is 5.91. The predicted octanol–water partition coefficient (Wildman–Crippen LogP) is 0.858. The quantitative estimate of drug-likeness (QED) is 0.810. The Hall–Kier alpha value is -2.06. The molecule has 2 saturated heterocycles. The number of carbonyl (C=O) groups is 2. The van der Waals surface area contributed by atoms with Gasteiger partial charge in [0, 0.05) is 52.4 Å². The fourth-order valence-corrected chi connectivity index (χ4v) is 3.61. The molecule has 8 heteroatoms. The van der Waals surface area contributed by atoms with E-state index < -0.39 is 0 Å². The summed E-state index contributed by atoms with van der Waals surface area (Å²) >= 11 is 0. The second-order valence-corrected chi connectivity index (χ2v) is 6.77. The maximum absolute atomic E-state index is 12.4. The van der Waals surface area contributed by atoms with Crippen molar-refractivity contribution in [3.63, 3.8) is 0 Å². The van der Waals surface area contributed by atoms with Crippen molar-refractivity contribution >= 4 is 11.9 Å². The van der Waals surface area contributed by atoms with Gasteiger partial charge in [-0.1, -0.05) is 0 Å². The third-order valence-corrected chi connectivity index (χ3v) is 5.16. The lowest BCUT2D eigenvalue weighted by atomic mass is 10.2. The first-order valence-electron chi connectivity index (χ1n) is 9.27. The van der Waals surface area contributed by atoms with Gasteiger partial charge in [-0.15, -0.1) is 0 Å². The molecule has 26 heavy (non-hydrogen) atoms. The first-order chi connectivity index (χ1) is 12.7. The minimum absolute atomic E-state index is 0.0475. The maximum atomic E-state index is 12.4. The summed E-state index contributed by atoms with van der Waals surface area (Å²) < 4.78 is 10.3. The van der Waals surface area contributed by atoms with Crippen LogP contribution >= 0.6 is 0 Å². The number of hydrogen-bond acceptors (Lipinski definition) is 5. The second-order valence-electron chi connectivity index (χ2n) is 6.77. The average Bonchev–Trinajstić information content (AvgIpc) is 3.35. The molecule has 3 rings (SSSR count). The van der Waals surface area contributed by atoms with E-state index in [0.717, 1.165) is 32.5 Å². The number of likely N-dealkylation sites (tertiary alicyclic amines) is 1. The van der Waals surface area contributed by atoms with Crippen molar-refractivity contribution in [2.24, 2.45) is 0 Å². The Morgan fingerprint density at radius 3 is 2.69 bits per heavy atom. The molecule has 3 amide bonds. The standard InChI is InChI=1S/C18H28N4O4/c1-25-13-11-20-6-2-4-15(20)14-19-18(24)22-9-7-21(8-10-22)17(23)16-5-3-12-26-16/h3,5,12,15H,2,4,6-11,13-14H2,1H3,(H,19,24). The predicted molar refractivity (Wildman–Crippen MR) is 96.1 cm³/mol. The molecule has 0 aliphatic carbocycles. The van der Waals surface area contributed by atoms with E-state index >= 15 is 0 Å². The van der Waals surface area contributed by atoms with Crippen LogP contribution in [0.5, 0.6) is 0 Å². The number of urea groups is 1. The molecule has 1 aromatic rings. The molecule has 3 heterocycles. The molecule has 2 fully saturated rings. The number of methoxy groups -OCH3 is 1. The molecule has 0 spiro atoms. The Morgan fingerprint density at radius 1 is 1.23 bits per heavy atom. The Morgan fingerprint density at radius 2 is 2.00 bits per heavy atom. The SMILES string of the molecule is COCCN1CCCC1CNC(=O)N1CCN(C(=O)c2ccco2)CC1. The van der Waals surface area contributed by atoms with E-state index in [1.54, 1.807) is 29.0 Å². The van der Waals surface area contributed by atoms with Gasteiger partial charge in [-0.25, -0.2) is 4.79 Å². The molecule has 1 unspecified atom stereocenters. The van der Waals surface area contributed by atoms with Gasteiger partial charge in [0.1, 0.15) is 0 Å². The Balaban J connectivity index is 1.40. The molecule has 1 atom stereocenters. The summed E-state index contributed by atoms with van der Waals surface area (Å²) in [6.07, 6.45) is 3.77. The number of nitrogens with zero attached hydrogens (tertiary/aromatic N) is 3. The summed E-state index contributed by atoms with van der Waals surface area (Å²) in [5, 5.41) is 3.05. The third kappa shape index (κ3) is 4.56. The summed E-state index contributed by atoms with van der Waals surface area (Å²) in [6, 6.07) is 3.71. The number of carbonyl (C=O) groups excluding carboxylic acids is 2. The molecule has 0 saturated carbocycles. The van der Waals surface area contributed by atoms with Gasteiger partial charge in [0.15, 0.2) is 5.76 Å². The van der Waals surface area contributed by atoms with E-state index in [9.17, 15) is 9.59 Å². The van der Waals surface area contributed by atoms with Crippen LogP contribution in [0.1, 0.15) is 23.4 Å². The lowest BCUT2D eigenvalue weighted by Gasteiger charge is -2.34. The zero-order valence-corrected chi connectivity index (χ0v) is 15.4. The van der Waals surface area contributed by atoms with E-state index in [0.29, 0.717) is 44.5 Å². The highest BCUT2D eigenvalue weighted by atomic mass is 16.5. The van der Waals surface area contributed by atoms with Gasteiger partial charge in [0.25, 0.3) is 5.91 Å². The molecule has 8 nitrogen and oxygen atoms in total. The van der Waals surface area contributed by atoms with Crippen molar-refractivity contribution in [1.29, 1.82) is 0 Å². The fraction of sp³-hybridized carbons (Fsp3) is 0.667. The summed E-state index contributed by atoms with van der Waals surface area (Å²) in [6.45, 7) is 5.48. The maximum Gasteiger partial charge on any atom is 0.317 e. The number of ether oxygens (including phenoxy) is 1. The van der Waals surface area contributed by atoms with Crippen LogP contribution < -0.4 is 5.32 Å². The minimum Gasteiger partial charge on any atom is -0.459 e. The van der Waals surface area contributed by atoms with Gasteiger partial charge in [-0.2, -0.15) is 0 Å². The largest absolute Gasteiger partial charge is 0.459 e. The molecular weight excluding hydrogens is 336 g/mol. The van der Waals surface area contributed by atoms with Gasteiger partial charge < -0.3 is 24.3 Å². The second kappa shape index (κ2) is 9.05. The molecule has 144 valence electrons. The topological polar surface area (TPSA) is 78.3 Å². The number of nitrogens with one attached hydrogen (secondary N) is 1. The number of piperazine rings is 1. The zero-order valence-electron chi connectivity index (χ0n) is 15.4. The molecule has 1 N–H and O–H groups in total. The van der Waals surface area contributed by atoms with Crippen LogP contribution in [-0.4, -0.2) is 92.2 Å². The van der Waals surface area contributed by atoms with Crippen molar-refractivity contribution in [2.45, 2.75) is 18.9 Å². The van der Waals surface area contributed by atoms with Gasteiger partial charge >= 0.3 is 6.03 Å². The van der Waals surface area contributed by atoms with Crippen LogP contribution in [-0.2, 0) is 4.74 Å². The molecule has 1 aromatic heterocycles. The molecule has 0 aromatic carbocycles. The summed E-state index contributed by atoms with van der Waals surface area (Å²) in [4.78, 5) is 30.6. The highest BCUT2D eigenvalue weighted by Gasteiger charge is 2.28. The Labute approximate surface area is 154 Å². The summed E-state index contributed by atoms with van der Waals surface area (Å²) in [5.74, 6) is 0.232. The van der Waals surface area contributed by atoms with Crippen molar-refractivity contribution in [3.05, 3.63) is 24.2 Å². The van der Waals surface area contributed by atoms with Crippen LogP contribution in [0.25, 0.3) is 0 Å². The van der Waals surface area contributed by atoms with E-state index in [-0.39, 0.29) is 11.9 Å². The van der Waals surface area contributed by atoms with Gasteiger partial charge in [0.2, 0.25) is 0 Å². The molecule has 2 aliphatic rings. The molecule has 2 aliphatic heterocycles. The first-order valence-corrected chi connectivity index (χ1v) is 9.27. The highest BCUT2D eigenvalue weighted by Crippen LogP contribution is 2.16. The van der Waals surface area contributed by atoms with Crippen LogP contribution in [0, 0.1) is 0 Å². The normalized spacial score (nSPS) is 21.2. The molecule has 0 bridgehead atoms. The first kappa shape index (κ1) is 18.7. The number of hydrogen-bond donors (Lipinski definition) is 1. The average molecular weight is 364 g/mol. The van der Waals surface area contributed by atoms with Crippen molar-refractivity contribution < 1.29 is 18.7 Å². The van der Waals surface area contributed by atoms with E-state index in [2.05, 4.69) is 10.2 Å². The zero-order chi connectivity index (χ0) is 18.4. The van der Waals surface area contributed by atoms with Crippen LogP contribution in [0.2, 0.25) is 0 Å². The van der Waals surface area contributed by atoms with Gasteiger partial charge in [-0.3, -0.25) is 9.69 Å². The Kier molecular flexibility index (Phi) is 6.51.